The second kappa shape index (κ2) is 6.15. The van der Waals surface area contributed by atoms with Gasteiger partial charge in [0, 0.05) is 11.6 Å². The van der Waals surface area contributed by atoms with Gasteiger partial charge in [-0.15, -0.1) is 0 Å². The first kappa shape index (κ1) is 15.1. The quantitative estimate of drug-likeness (QED) is 0.894. The average molecular weight is 327 g/mol. The number of rotatable bonds is 3. The van der Waals surface area contributed by atoms with Gasteiger partial charge in [-0.2, -0.15) is 0 Å². The van der Waals surface area contributed by atoms with E-state index in [1.54, 1.807) is 12.1 Å². The minimum atomic E-state index is 0.0646. The smallest absolute Gasteiger partial charge is 0.224 e. The van der Waals surface area contributed by atoms with E-state index in [4.69, 9.17) is 23.2 Å². The molecule has 21 heavy (non-hydrogen) atoms. The zero-order valence-corrected chi connectivity index (χ0v) is 13.4. The lowest BCUT2D eigenvalue weighted by molar-refractivity contribution is -0.121. The summed E-state index contributed by atoms with van der Waals surface area (Å²) in [6.07, 6.45) is 6.21. The molecule has 1 aliphatic heterocycles. The van der Waals surface area contributed by atoms with Crippen LogP contribution in [0.2, 0.25) is 10.0 Å². The Hall–Kier alpha value is -0.770. The molecule has 5 heteroatoms. The van der Waals surface area contributed by atoms with Crippen LogP contribution in [0, 0.1) is 0 Å². The van der Waals surface area contributed by atoms with Gasteiger partial charge < -0.3 is 10.6 Å². The van der Waals surface area contributed by atoms with E-state index in [2.05, 4.69) is 10.6 Å². The van der Waals surface area contributed by atoms with Gasteiger partial charge in [0.1, 0.15) is 0 Å². The highest BCUT2D eigenvalue weighted by Gasteiger charge is 2.41. The molecule has 1 unspecified atom stereocenters. The van der Waals surface area contributed by atoms with Gasteiger partial charge in [0.15, 0.2) is 0 Å². The third kappa shape index (κ3) is 3.53. The van der Waals surface area contributed by atoms with Crippen LogP contribution in [0.15, 0.2) is 18.2 Å². The van der Waals surface area contributed by atoms with E-state index in [0.717, 1.165) is 24.9 Å². The van der Waals surface area contributed by atoms with Crippen molar-refractivity contribution in [3.63, 3.8) is 0 Å². The molecule has 0 radical (unpaired) electrons. The molecule has 0 bridgehead atoms. The van der Waals surface area contributed by atoms with Gasteiger partial charge in [-0.05, 0) is 56.3 Å². The fraction of sp³-hybridized carbons (Fsp3) is 0.562. The van der Waals surface area contributed by atoms with E-state index in [-0.39, 0.29) is 5.91 Å². The molecule has 1 heterocycles. The summed E-state index contributed by atoms with van der Waals surface area (Å²) in [5, 5.41) is 7.80. The maximum absolute atomic E-state index is 12.2. The Labute approximate surface area is 135 Å². The topological polar surface area (TPSA) is 41.1 Å². The molecular formula is C16H20Cl2N2O. The lowest BCUT2D eigenvalue weighted by Gasteiger charge is -2.48. The van der Waals surface area contributed by atoms with Crippen LogP contribution in [0.5, 0.6) is 0 Å². The van der Waals surface area contributed by atoms with Crippen molar-refractivity contribution in [1.29, 1.82) is 0 Å². The summed E-state index contributed by atoms with van der Waals surface area (Å²) >= 11 is 11.9. The maximum Gasteiger partial charge on any atom is 0.224 e. The Kier molecular flexibility index (Phi) is 4.43. The van der Waals surface area contributed by atoms with E-state index in [9.17, 15) is 4.79 Å². The SMILES string of the molecule is O=C(Cc1ccc(Cl)c(Cl)c1)NC1CCNC2(CCC2)C1. The van der Waals surface area contributed by atoms with Crippen molar-refractivity contribution in [1.82, 2.24) is 10.6 Å². The number of hydrogen-bond acceptors (Lipinski definition) is 2. The largest absolute Gasteiger partial charge is 0.353 e. The van der Waals surface area contributed by atoms with E-state index in [1.165, 1.54) is 19.3 Å². The fourth-order valence-electron chi connectivity index (χ4n) is 3.38. The molecule has 2 N–H and O–H groups in total. The van der Waals surface area contributed by atoms with Crippen LogP contribution in [0.3, 0.4) is 0 Å². The van der Waals surface area contributed by atoms with Crippen molar-refractivity contribution in [3.8, 4) is 0 Å². The van der Waals surface area contributed by atoms with Crippen molar-refractivity contribution >= 4 is 29.1 Å². The number of carbonyl (C=O) groups is 1. The number of carbonyl (C=O) groups excluding carboxylic acids is 1. The molecule has 1 aromatic rings. The van der Waals surface area contributed by atoms with Crippen LogP contribution in [-0.4, -0.2) is 24.0 Å². The Morgan fingerprint density at radius 1 is 1.33 bits per heavy atom. The second-order valence-corrected chi connectivity index (χ2v) is 7.06. The van der Waals surface area contributed by atoms with Gasteiger partial charge in [-0.3, -0.25) is 4.79 Å². The van der Waals surface area contributed by atoms with E-state index >= 15 is 0 Å². The maximum atomic E-state index is 12.2. The minimum Gasteiger partial charge on any atom is -0.353 e. The number of amides is 1. The fourth-order valence-corrected chi connectivity index (χ4v) is 3.70. The Bertz CT molecular complexity index is 543. The molecule has 1 aromatic carbocycles. The van der Waals surface area contributed by atoms with Gasteiger partial charge in [0.05, 0.1) is 16.5 Å². The van der Waals surface area contributed by atoms with Crippen LogP contribution in [0.25, 0.3) is 0 Å². The number of piperidine rings is 1. The van der Waals surface area contributed by atoms with E-state index in [0.29, 0.717) is 28.0 Å². The van der Waals surface area contributed by atoms with Gasteiger partial charge in [-0.1, -0.05) is 29.3 Å². The van der Waals surface area contributed by atoms with Crippen molar-refractivity contribution in [2.45, 2.75) is 50.1 Å². The molecule has 2 fully saturated rings. The average Bonchev–Trinajstić information content (AvgIpc) is 2.41. The van der Waals surface area contributed by atoms with Crippen LogP contribution in [0.4, 0.5) is 0 Å². The summed E-state index contributed by atoms with van der Waals surface area (Å²) in [6.45, 7) is 0.998. The summed E-state index contributed by atoms with van der Waals surface area (Å²) in [5.74, 6) is 0.0646. The predicted molar refractivity (Wildman–Crippen MR) is 85.9 cm³/mol. The first-order valence-electron chi connectivity index (χ1n) is 7.55. The van der Waals surface area contributed by atoms with E-state index in [1.807, 2.05) is 6.07 Å². The lowest BCUT2D eigenvalue weighted by Crippen LogP contribution is -2.59. The van der Waals surface area contributed by atoms with E-state index < -0.39 is 0 Å². The van der Waals surface area contributed by atoms with Crippen molar-refractivity contribution in [2.75, 3.05) is 6.54 Å². The predicted octanol–water partition coefficient (Wildman–Crippen LogP) is 3.33. The van der Waals surface area contributed by atoms with Crippen molar-refractivity contribution in [2.24, 2.45) is 0 Å². The molecule has 0 aromatic heterocycles. The second-order valence-electron chi connectivity index (χ2n) is 6.24. The molecule has 3 nitrogen and oxygen atoms in total. The molecule has 1 spiro atoms. The summed E-state index contributed by atoms with van der Waals surface area (Å²) in [6, 6.07) is 5.64. The molecule has 1 amide bonds. The minimum absolute atomic E-state index is 0.0646. The molecule has 1 aliphatic carbocycles. The molecular weight excluding hydrogens is 307 g/mol. The highest BCUT2D eigenvalue weighted by atomic mass is 35.5. The summed E-state index contributed by atoms with van der Waals surface area (Å²) in [7, 11) is 0. The third-order valence-electron chi connectivity index (χ3n) is 4.65. The van der Waals surface area contributed by atoms with Crippen LogP contribution < -0.4 is 10.6 Å². The summed E-state index contributed by atoms with van der Waals surface area (Å²) < 4.78 is 0. The lowest BCUT2D eigenvalue weighted by atomic mass is 9.70. The summed E-state index contributed by atoms with van der Waals surface area (Å²) in [5.41, 5.74) is 1.20. The molecule has 114 valence electrons. The first-order chi connectivity index (χ1) is 10.1. The molecule has 1 saturated carbocycles. The number of halogens is 2. The zero-order chi connectivity index (χ0) is 14.9. The molecule has 3 rings (SSSR count). The van der Waals surface area contributed by atoms with Crippen LogP contribution >= 0.6 is 23.2 Å². The number of hydrogen-bond donors (Lipinski definition) is 2. The Morgan fingerprint density at radius 3 is 2.81 bits per heavy atom. The first-order valence-corrected chi connectivity index (χ1v) is 8.30. The summed E-state index contributed by atoms with van der Waals surface area (Å²) in [4.78, 5) is 12.2. The molecule has 1 atom stereocenters. The standard InChI is InChI=1S/C16H20Cl2N2O/c17-13-3-2-11(8-14(13)18)9-15(21)20-12-4-7-19-16(10-12)5-1-6-16/h2-3,8,12,19H,1,4-7,9-10H2,(H,20,21). The normalized spacial score (nSPS) is 23.6. The Morgan fingerprint density at radius 2 is 2.14 bits per heavy atom. The van der Waals surface area contributed by atoms with Crippen molar-refractivity contribution < 1.29 is 4.79 Å². The monoisotopic (exact) mass is 326 g/mol. The van der Waals surface area contributed by atoms with Gasteiger partial charge in [-0.25, -0.2) is 0 Å². The van der Waals surface area contributed by atoms with Gasteiger partial charge >= 0.3 is 0 Å². The number of nitrogens with one attached hydrogen (secondary N) is 2. The van der Waals surface area contributed by atoms with Crippen molar-refractivity contribution in [3.05, 3.63) is 33.8 Å². The number of benzene rings is 1. The highest BCUT2D eigenvalue weighted by molar-refractivity contribution is 6.42. The highest BCUT2D eigenvalue weighted by Crippen LogP contribution is 2.38. The third-order valence-corrected chi connectivity index (χ3v) is 5.39. The molecule has 1 saturated heterocycles. The Balaban J connectivity index is 1.55. The van der Waals surface area contributed by atoms with Crippen LogP contribution in [0.1, 0.15) is 37.7 Å². The van der Waals surface area contributed by atoms with Crippen LogP contribution in [-0.2, 0) is 11.2 Å². The molecule has 2 aliphatic rings. The van der Waals surface area contributed by atoms with Gasteiger partial charge in [0.25, 0.3) is 0 Å². The van der Waals surface area contributed by atoms with Gasteiger partial charge in [0.2, 0.25) is 5.91 Å². The zero-order valence-electron chi connectivity index (χ0n) is 11.9.